The van der Waals surface area contributed by atoms with Gasteiger partial charge in [0.1, 0.15) is 12.2 Å². The average molecular weight is 466 g/mol. The number of carbonyl (C=O) groups excluding carboxylic acids is 2. The van der Waals surface area contributed by atoms with E-state index in [9.17, 15) is 9.59 Å². The maximum absolute atomic E-state index is 13.3. The zero-order valence-electron chi connectivity index (χ0n) is 19.3. The molecule has 5 aromatic rings. The first-order chi connectivity index (χ1) is 16.9. The number of imidazole rings is 1. The Bertz CT molecular complexity index is 1600. The largest absolute Gasteiger partial charge is 0.350 e. The molecule has 1 aliphatic heterocycles. The van der Waals surface area contributed by atoms with Crippen molar-refractivity contribution in [1.82, 2.24) is 30.5 Å². The van der Waals surface area contributed by atoms with Crippen molar-refractivity contribution in [2.45, 2.75) is 25.8 Å². The van der Waals surface area contributed by atoms with E-state index in [1.54, 1.807) is 17.3 Å². The summed E-state index contributed by atoms with van der Waals surface area (Å²) < 4.78 is 0. The summed E-state index contributed by atoms with van der Waals surface area (Å²) in [6, 6.07) is 15.4. The Labute approximate surface area is 200 Å². The third kappa shape index (κ3) is 3.43. The van der Waals surface area contributed by atoms with Crippen LogP contribution in [0.4, 0.5) is 5.69 Å². The molecule has 0 fully saturated rings. The molecule has 1 aliphatic rings. The topological polar surface area (TPSA) is 120 Å². The molecular weight excluding hydrogens is 442 g/mol. The summed E-state index contributed by atoms with van der Waals surface area (Å²) in [5.41, 5.74) is 4.87. The van der Waals surface area contributed by atoms with Crippen molar-refractivity contribution in [1.29, 1.82) is 0 Å². The fraction of sp³-hybridized carbons (Fsp3) is 0.192. The first kappa shape index (κ1) is 21.0. The number of fused-ring (bicyclic) bond motifs is 3. The lowest BCUT2D eigenvalue weighted by atomic mass is 9.86. The van der Waals surface area contributed by atoms with E-state index in [0.29, 0.717) is 18.1 Å². The number of nitrogens with one attached hydrogen (secondary N) is 3. The molecule has 0 spiro atoms. The fourth-order valence-corrected chi connectivity index (χ4v) is 4.65. The van der Waals surface area contributed by atoms with Gasteiger partial charge in [-0.1, -0.05) is 24.3 Å². The number of para-hydroxylation sites is 1. The number of nitrogens with zero attached hydrogens (tertiary/aromatic N) is 4. The molecule has 2 amide bonds. The van der Waals surface area contributed by atoms with Gasteiger partial charge in [-0.25, -0.2) is 4.98 Å². The molecule has 9 heteroatoms. The van der Waals surface area contributed by atoms with Gasteiger partial charge >= 0.3 is 0 Å². The predicted molar refractivity (Wildman–Crippen MR) is 133 cm³/mol. The molecule has 0 atom stereocenters. The van der Waals surface area contributed by atoms with Crippen molar-refractivity contribution < 1.29 is 9.59 Å². The molecule has 0 saturated heterocycles. The number of carbonyl (C=O) groups is 2. The first-order valence-electron chi connectivity index (χ1n) is 11.4. The van der Waals surface area contributed by atoms with Gasteiger partial charge in [0.15, 0.2) is 5.82 Å². The van der Waals surface area contributed by atoms with Crippen LogP contribution in [0.5, 0.6) is 0 Å². The van der Waals surface area contributed by atoms with Crippen molar-refractivity contribution >= 4 is 39.4 Å². The average Bonchev–Trinajstić information content (AvgIpc) is 3.52. The molecule has 0 aliphatic carbocycles. The zero-order valence-corrected chi connectivity index (χ0v) is 19.3. The Morgan fingerprint density at radius 1 is 1.11 bits per heavy atom. The van der Waals surface area contributed by atoms with E-state index in [2.05, 4.69) is 25.5 Å². The molecule has 0 bridgehead atoms. The van der Waals surface area contributed by atoms with Crippen molar-refractivity contribution in [2.24, 2.45) is 0 Å². The number of hydrogen-bond acceptors (Lipinski definition) is 5. The van der Waals surface area contributed by atoms with E-state index in [1.807, 2.05) is 62.4 Å². The minimum atomic E-state index is -0.773. The Balaban J connectivity index is 1.33. The van der Waals surface area contributed by atoms with Crippen LogP contribution in [0.1, 0.15) is 25.0 Å². The highest BCUT2D eigenvalue weighted by Crippen LogP contribution is 2.43. The second-order valence-corrected chi connectivity index (χ2v) is 9.24. The number of aromatic amines is 2. The van der Waals surface area contributed by atoms with Crippen LogP contribution in [0.2, 0.25) is 0 Å². The van der Waals surface area contributed by atoms with E-state index in [1.165, 1.54) is 0 Å². The number of hydrogen-bond donors (Lipinski definition) is 3. The van der Waals surface area contributed by atoms with E-state index >= 15 is 0 Å². The highest BCUT2D eigenvalue weighted by molar-refractivity contribution is 6.12. The number of H-pyrrole nitrogens is 2. The van der Waals surface area contributed by atoms with E-state index in [0.717, 1.165) is 38.8 Å². The lowest BCUT2D eigenvalue weighted by molar-refractivity contribution is -0.125. The molecule has 3 N–H and O–H groups in total. The van der Waals surface area contributed by atoms with Crippen molar-refractivity contribution in [3.63, 3.8) is 0 Å². The molecule has 3 aromatic heterocycles. The smallest absolute Gasteiger partial charge is 0.240 e. The molecule has 35 heavy (non-hydrogen) atoms. The Morgan fingerprint density at radius 3 is 2.80 bits per heavy atom. The van der Waals surface area contributed by atoms with Crippen LogP contribution in [0.15, 0.2) is 60.9 Å². The maximum Gasteiger partial charge on any atom is 0.240 e. The number of benzene rings is 2. The van der Waals surface area contributed by atoms with Gasteiger partial charge in [-0.2, -0.15) is 5.10 Å². The van der Waals surface area contributed by atoms with Crippen molar-refractivity contribution in [3.05, 3.63) is 72.1 Å². The highest BCUT2D eigenvalue weighted by Gasteiger charge is 2.45. The van der Waals surface area contributed by atoms with Crippen molar-refractivity contribution in [3.8, 4) is 11.5 Å². The Kier molecular flexibility index (Phi) is 4.67. The molecule has 0 unspecified atom stereocenters. The molecule has 2 aromatic carbocycles. The summed E-state index contributed by atoms with van der Waals surface area (Å²) in [7, 11) is 0. The van der Waals surface area contributed by atoms with E-state index < -0.39 is 5.41 Å². The maximum atomic E-state index is 13.3. The normalized spacial score (nSPS) is 14.6. The van der Waals surface area contributed by atoms with Gasteiger partial charge in [-0.05, 0) is 49.2 Å². The molecule has 0 saturated carbocycles. The van der Waals surface area contributed by atoms with Gasteiger partial charge in [0, 0.05) is 24.3 Å². The minimum absolute atomic E-state index is 0.0635. The third-order valence-corrected chi connectivity index (χ3v) is 6.55. The van der Waals surface area contributed by atoms with Gasteiger partial charge in [0.25, 0.3) is 0 Å². The standard InChI is InChI=1S/C26H23N7O2/c1-26(2)17-10-19-20(30-24(29-19)23-16-7-3-4-8-18(16)31-32-23)11-21(17)33(25(26)35)14-22(34)28-13-15-6-5-9-27-12-15/h3-12H,13-14H2,1-2H3,(H,28,34)(H,29,30)(H,31,32). The van der Waals surface area contributed by atoms with Gasteiger partial charge in [0.2, 0.25) is 11.8 Å². The summed E-state index contributed by atoms with van der Waals surface area (Å²) in [6.45, 7) is 4.04. The number of pyridine rings is 1. The molecule has 4 heterocycles. The molecular formula is C26H23N7O2. The number of rotatable bonds is 5. The quantitative estimate of drug-likeness (QED) is 0.367. The molecule has 0 radical (unpaired) electrons. The number of amides is 2. The monoisotopic (exact) mass is 465 g/mol. The summed E-state index contributed by atoms with van der Waals surface area (Å²) in [5.74, 6) is 0.292. The molecule has 174 valence electrons. The van der Waals surface area contributed by atoms with Crippen LogP contribution in [-0.2, 0) is 21.5 Å². The van der Waals surface area contributed by atoms with Gasteiger partial charge in [-0.3, -0.25) is 19.7 Å². The van der Waals surface area contributed by atoms with E-state index in [4.69, 9.17) is 4.98 Å². The highest BCUT2D eigenvalue weighted by atomic mass is 16.2. The summed E-state index contributed by atoms with van der Waals surface area (Å²) in [6.07, 6.45) is 3.39. The summed E-state index contributed by atoms with van der Waals surface area (Å²) in [4.78, 5) is 39.7. The second-order valence-electron chi connectivity index (χ2n) is 9.24. The van der Waals surface area contributed by atoms with Crippen LogP contribution in [0.3, 0.4) is 0 Å². The van der Waals surface area contributed by atoms with E-state index in [-0.39, 0.29) is 18.4 Å². The van der Waals surface area contributed by atoms with Crippen LogP contribution < -0.4 is 10.2 Å². The third-order valence-electron chi connectivity index (χ3n) is 6.55. The lowest BCUT2D eigenvalue weighted by Crippen LogP contribution is -2.42. The predicted octanol–water partition coefficient (Wildman–Crippen LogP) is 3.44. The Hall–Kier alpha value is -4.53. The van der Waals surface area contributed by atoms with Gasteiger partial charge in [0.05, 0.1) is 27.7 Å². The van der Waals surface area contributed by atoms with Crippen LogP contribution in [-0.4, -0.2) is 43.5 Å². The summed E-state index contributed by atoms with van der Waals surface area (Å²) >= 11 is 0. The zero-order chi connectivity index (χ0) is 24.2. The lowest BCUT2D eigenvalue weighted by Gasteiger charge is -2.20. The van der Waals surface area contributed by atoms with Gasteiger partial charge < -0.3 is 15.2 Å². The SMILES string of the molecule is CC1(C)C(=O)N(CC(=O)NCc2cccnc2)c2cc3[nH]c(-c4n[nH]c5ccccc45)nc3cc21. The fourth-order valence-electron chi connectivity index (χ4n) is 4.65. The number of aromatic nitrogens is 5. The first-order valence-corrected chi connectivity index (χ1v) is 11.4. The summed E-state index contributed by atoms with van der Waals surface area (Å²) in [5, 5.41) is 11.3. The number of anilines is 1. The second kappa shape index (κ2) is 7.76. The van der Waals surface area contributed by atoms with Crippen LogP contribution in [0.25, 0.3) is 33.5 Å². The minimum Gasteiger partial charge on any atom is -0.350 e. The van der Waals surface area contributed by atoms with Crippen LogP contribution >= 0.6 is 0 Å². The van der Waals surface area contributed by atoms with Crippen molar-refractivity contribution in [2.75, 3.05) is 11.4 Å². The molecule has 6 rings (SSSR count). The molecule has 9 nitrogen and oxygen atoms in total. The van der Waals surface area contributed by atoms with Crippen LogP contribution in [0, 0.1) is 0 Å². The van der Waals surface area contributed by atoms with Gasteiger partial charge in [-0.15, -0.1) is 0 Å². The Morgan fingerprint density at radius 2 is 1.97 bits per heavy atom.